The molecule has 3 aromatic rings. The first kappa shape index (κ1) is 21.7. The standard InChI is InChI=1S/C24H30N2O4/c1-5-16-7-6-8-19-21(15-26-24(16)19)20(14-23(27)25-11-12-28-2)18-10-9-17(29-3)13-22(18)30-4/h6-10,13,15,20,26H,5,11-12,14H2,1-4H3,(H,25,27)/t20-/m0/s1. The Morgan fingerprint density at radius 3 is 2.63 bits per heavy atom. The van der Waals surface area contributed by atoms with Crippen LogP contribution in [0.2, 0.25) is 0 Å². The number of H-pyrrole nitrogens is 1. The number of ether oxygens (including phenoxy) is 3. The number of carbonyl (C=O) groups excluding carboxylic acids is 1. The number of aryl methyl sites for hydroxylation is 1. The number of para-hydroxylation sites is 1. The van der Waals surface area contributed by atoms with Crippen molar-refractivity contribution in [2.45, 2.75) is 25.7 Å². The molecule has 0 radical (unpaired) electrons. The molecule has 6 heteroatoms. The third-order valence-electron chi connectivity index (χ3n) is 5.42. The van der Waals surface area contributed by atoms with E-state index in [0.29, 0.717) is 31.1 Å². The Labute approximate surface area is 177 Å². The summed E-state index contributed by atoms with van der Waals surface area (Å²) in [4.78, 5) is 16.2. The maximum absolute atomic E-state index is 12.7. The predicted octanol–water partition coefficient (Wildman–Crippen LogP) is 4.03. The lowest BCUT2D eigenvalue weighted by atomic mass is 9.87. The Bertz CT molecular complexity index is 996. The van der Waals surface area contributed by atoms with Gasteiger partial charge in [0.2, 0.25) is 5.91 Å². The van der Waals surface area contributed by atoms with Gasteiger partial charge in [0.15, 0.2) is 0 Å². The Morgan fingerprint density at radius 1 is 1.10 bits per heavy atom. The van der Waals surface area contributed by atoms with E-state index in [1.54, 1.807) is 21.3 Å². The van der Waals surface area contributed by atoms with Gasteiger partial charge in [0.1, 0.15) is 11.5 Å². The van der Waals surface area contributed by atoms with E-state index in [9.17, 15) is 4.79 Å². The summed E-state index contributed by atoms with van der Waals surface area (Å²) in [5, 5.41) is 4.06. The van der Waals surface area contributed by atoms with Gasteiger partial charge in [-0.05, 0) is 23.6 Å². The fourth-order valence-electron chi connectivity index (χ4n) is 3.87. The SMILES string of the molecule is CCc1cccc2c([C@@H](CC(=O)NCCOC)c3ccc(OC)cc3OC)c[nH]c12. The molecule has 30 heavy (non-hydrogen) atoms. The zero-order valence-electron chi connectivity index (χ0n) is 18.1. The smallest absolute Gasteiger partial charge is 0.221 e. The Morgan fingerprint density at radius 2 is 1.93 bits per heavy atom. The molecule has 1 amide bonds. The van der Waals surface area contributed by atoms with Crippen LogP contribution in [0.5, 0.6) is 11.5 Å². The second-order valence-corrected chi connectivity index (χ2v) is 7.14. The van der Waals surface area contributed by atoms with Crippen molar-refractivity contribution in [3.05, 3.63) is 59.3 Å². The van der Waals surface area contributed by atoms with E-state index in [4.69, 9.17) is 14.2 Å². The van der Waals surface area contributed by atoms with Crippen molar-refractivity contribution in [1.82, 2.24) is 10.3 Å². The molecule has 2 aromatic carbocycles. The van der Waals surface area contributed by atoms with Crippen molar-refractivity contribution in [2.75, 3.05) is 34.5 Å². The molecule has 1 aromatic heterocycles. The fraction of sp³-hybridized carbons (Fsp3) is 0.375. The number of aromatic nitrogens is 1. The van der Waals surface area contributed by atoms with Gasteiger partial charge in [-0.2, -0.15) is 0 Å². The normalized spacial score (nSPS) is 12.0. The van der Waals surface area contributed by atoms with E-state index < -0.39 is 0 Å². The van der Waals surface area contributed by atoms with Gasteiger partial charge < -0.3 is 24.5 Å². The molecule has 0 aliphatic rings. The summed E-state index contributed by atoms with van der Waals surface area (Å²) >= 11 is 0. The van der Waals surface area contributed by atoms with Gasteiger partial charge in [0.05, 0.1) is 20.8 Å². The molecule has 6 nitrogen and oxygen atoms in total. The van der Waals surface area contributed by atoms with Crippen LogP contribution in [-0.4, -0.2) is 45.4 Å². The molecule has 0 aliphatic heterocycles. The third-order valence-corrected chi connectivity index (χ3v) is 5.42. The van der Waals surface area contributed by atoms with E-state index in [1.807, 2.05) is 24.4 Å². The summed E-state index contributed by atoms with van der Waals surface area (Å²) < 4.78 is 16.1. The number of hydrogen-bond acceptors (Lipinski definition) is 4. The second-order valence-electron chi connectivity index (χ2n) is 7.14. The third kappa shape index (κ3) is 4.60. The molecule has 0 aliphatic carbocycles. The maximum Gasteiger partial charge on any atom is 0.221 e. The number of methoxy groups -OCH3 is 3. The van der Waals surface area contributed by atoms with Crippen LogP contribution in [0.3, 0.4) is 0 Å². The molecule has 0 bridgehead atoms. The van der Waals surface area contributed by atoms with Crippen molar-refractivity contribution in [1.29, 1.82) is 0 Å². The first-order valence-corrected chi connectivity index (χ1v) is 10.2. The van der Waals surface area contributed by atoms with E-state index >= 15 is 0 Å². The van der Waals surface area contributed by atoms with E-state index in [-0.39, 0.29) is 11.8 Å². The van der Waals surface area contributed by atoms with E-state index in [2.05, 4.69) is 35.4 Å². The van der Waals surface area contributed by atoms with Gasteiger partial charge in [-0.25, -0.2) is 0 Å². The number of carbonyl (C=O) groups is 1. The van der Waals surface area contributed by atoms with E-state index in [0.717, 1.165) is 28.5 Å². The molecule has 0 saturated carbocycles. The van der Waals surface area contributed by atoms with Gasteiger partial charge in [0.25, 0.3) is 0 Å². The van der Waals surface area contributed by atoms with Crippen LogP contribution in [0.15, 0.2) is 42.6 Å². The van der Waals surface area contributed by atoms with Gasteiger partial charge in [-0.3, -0.25) is 4.79 Å². The molecule has 0 unspecified atom stereocenters. The molecule has 2 N–H and O–H groups in total. The zero-order chi connectivity index (χ0) is 21.5. The highest BCUT2D eigenvalue weighted by Gasteiger charge is 2.25. The molecular weight excluding hydrogens is 380 g/mol. The number of amides is 1. The van der Waals surface area contributed by atoms with Crippen LogP contribution in [0, 0.1) is 0 Å². The average Bonchev–Trinajstić information content (AvgIpc) is 3.21. The lowest BCUT2D eigenvalue weighted by molar-refractivity contribution is -0.121. The van der Waals surface area contributed by atoms with Crippen LogP contribution in [-0.2, 0) is 16.0 Å². The summed E-state index contributed by atoms with van der Waals surface area (Å²) in [5.74, 6) is 1.21. The number of hydrogen-bond donors (Lipinski definition) is 2. The van der Waals surface area contributed by atoms with Gasteiger partial charge in [-0.1, -0.05) is 31.2 Å². The topological polar surface area (TPSA) is 72.6 Å². The minimum atomic E-state index is -0.172. The van der Waals surface area contributed by atoms with Gasteiger partial charge in [-0.15, -0.1) is 0 Å². The second kappa shape index (κ2) is 10.2. The van der Waals surface area contributed by atoms with Gasteiger partial charge >= 0.3 is 0 Å². The molecular formula is C24H30N2O4. The quantitative estimate of drug-likeness (QED) is 0.495. The van der Waals surface area contributed by atoms with Crippen LogP contribution >= 0.6 is 0 Å². The Hall–Kier alpha value is -2.99. The molecule has 0 spiro atoms. The number of benzene rings is 2. The Balaban J connectivity index is 2.06. The minimum absolute atomic E-state index is 0.0316. The summed E-state index contributed by atoms with van der Waals surface area (Å²) in [6, 6.07) is 12.0. The average molecular weight is 411 g/mol. The first-order chi connectivity index (χ1) is 14.6. The highest BCUT2D eigenvalue weighted by Crippen LogP contribution is 2.39. The Kier molecular flexibility index (Phi) is 7.36. The zero-order valence-corrected chi connectivity index (χ0v) is 18.1. The summed E-state index contributed by atoms with van der Waals surface area (Å²) in [5.41, 5.74) is 4.39. The lowest BCUT2D eigenvalue weighted by Crippen LogP contribution is -2.28. The summed E-state index contributed by atoms with van der Waals surface area (Å²) in [6.07, 6.45) is 3.25. The van der Waals surface area contributed by atoms with Crippen molar-refractivity contribution in [3.63, 3.8) is 0 Å². The summed E-state index contributed by atoms with van der Waals surface area (Å²) in [6.45, 7) is 3.10. The van der Waals surface area contributed by atoms with Crippen molar-refractivity contribution in [2.24, 2.45) is 0 Å². The summed E-state index contributed by atoms with van der Waals surface area (Å²) in [7, 11) is 4.88. The maximum atomic E-state index is 12.7. The number of nitrogens with one attached hydrogen (secondary N) is 2. The first-order valence-electron chi connectivity index (χ1n) is 10.2. The van der Waals surface area contributed by atoms with Crippen molar-refractivity contribution < 1.29 is 19.0 Å². The largest absolute Gasteiger partial charge is 0.497 e. The van der Waals surface area contributed by atoms with Crippen LogP contribution < -0.4 is 14.8 Å². The number of aromatic amines is 1. The predicted molar refractivity (Wildman–Crippen MR) is 119 cm³/mol. The number of rotatable bonds is 10. The monoisotopic (exact) mass is 410 g/mol. The molecule has 1 heterocycles. The minimum Gasteiger partial charge on any atom is -0.497 e. The molecule has 160 valence electrons. The highest BCUT2D eigenvalue weighted by molar-refractivity contribution is 5.88. The van der Waals surface area contributed by atoms with Gasteiger partial charge in [0, 0.05) is 54.7 Å². The highest BCUT2D eigenvalue weighted by atomic mass is 16.5. The van der Waals surface area contributed by atoms with Crippen molar-refractivity contribution >= 4 is 16.8 Å². The fourth-order valence-corrected chi connectivity index (χ4v) is 3.87. The molecule has 0 saturated heterocycles. The molecule has 0 fully saturated rings. The number of fused-ring (bicyclic) bond motifs is 1. The van der Waals surface area contributed by atoms with E-state index in [1.165, 1.54) is 5.56 Å². The molecule has 1 atom stereocenters. The van der Waals surface area contributed by atoms with Crippen LogP contribution in [0.1, 0.15) is 36.0 Å². The van der Waals surface area contributed by atoms with Crippen LogP contribution in [0.4, 0.5) is 0 Å². The lowest BCUT2D eigenvalue weighted by Gasteiger charge is -2.20. The van der Waals surface area contributed by atoms with Crippen molar-refractivity contribution in [3.8, 4) is 11.5 Å². The molecule has 3 rings (SSSR count). The van der Waals surface area contributed by atoms with Crippen LogP contribution in [0.25, 0.3) is 10.9 Å².